The standard InChI is InChI=1S/C23H26N4O2S/c1-15(2)26-12-10-16(14-26)22-21(18-7-5-6-11-24-18)25-23(30)27(22)19-9-8-17(28-3)13-20(19)29-4/h5-15,21-22H,1-4H3,(H,25,30)/t21-,22+/m1/s1. The highest BCUT2D eigenvalue weighted by Gasteiger charge is 2.42. The van der Waals surface area contributed by atoms with Gasteiger partial charge in [0.15, 0.2) is 5.11 Å². The van der Waals surface area contributed by atoms with Crippen molar-refractivity contribution in [2.45, 2.75) is 32.0 Å². The number of thiocarbonyl (C=S) groups is 1. The Labute approximate surface area is 182 Å². The minimum atomic E-state index is -0.0893. The van der Waals surface area contributed by atoms with Crippen LogP contribution >= 0.6 is 12.2 Å². The number of anilines is 1. The summed E-state index contributed by atoms with van der Waals surface area (Å²) in [5, 5.41) is 4.12. The summed E-state index contributed by atoms with van der Waals surface area (Å²) in [6, 6.07) is 14.1. The van der Waals surface area contributed by atoms with Crippen LogP contribution in [-0.2, 0) is 0 Å². The van der Waals surface area contributed by atoms with E-state index in [-0.39, 0.29) is 12.1 Å². The largest absolute Gasteiger partial charge is 0.497 e. The second-order valence-electron chi connectivity index (χ2n) is 7.52. The van der Waals surface area contributed by atoms with Crippen LogP contribution in [0.5, 0.6) is 11.5 Å². The molecule has 0 unspecified atom stereocenters. The minimum Gasteiger partial charge on any atom is -0.497 e. The molecule has 156 valence electrons. The third kappa shape index (κ3) is 3.61. The van der Waals surface area contributed by atoms with E-state index in [2.05, 4.69) is 52.1 Å². The molecule has 6 nitrogen and oxygen atoms in total. The monoisotopic (exact) mass is 422 g/mol. The van der Waals surface area contributed by atoms with Crippen molar-refractivity contribution in [2.75, 3.05) is 19.1 Å². The molecule has 1 aliphatic rings. The van der Waals surface area contributed by atoms with Crippen LogP contribution in [0.25, 0.3) is 0 Å². The number of benzene rings is 1. The molecule has 3 heterocycles. The van der Waals surface area contributed by atoms with Gasteiger partial charge in [0.1, 0.15) is 11.5 Å². The zero-order chi connectivity index (χ0) is 21.3. The van der Waals surface area contributed by atoms with Gasteiger partial charge in [-0.15, -0.1) is 0 Å². The van der Waals surface area contributed by atoms with Crippen molar-refractivity contribution in [3.05, 3.63) is 72.3 Å². The molecule has 1 aromatic carbocycles. The lowest BCUT2D eigenvalue weighted by Crippen LogP contribution is -2.29. The molecule has 1 aliphatic heterocycles. The van der Waals surface area contributed by atoms with Crippen LogP contribution in [0.3, 0.4) is 0 Å². The topological polar surface area (TPSA) is 51.5 Å². The van der Waals surface area contributed by atoms with Gasteiger partial charge in [-0.3, -0.25) is 4.98 Å². The first-order valence-corrected chi connectivity index (χ1v) is 10.3. The summed E-state index contributed by atoms with van der Waals surface area (Å²) in [4.78, 5) is 6.72. The van der Waals surface area contributed by atoms with Crippen LogP contribution in [0.2, 0.25) is 0 Å². The van der Waals surface area contributed by atoms with Crippen LogP contribution in [0.15, 0.2) is 61.1 Å². The summed E-state index contributed by atoms with van der Waals surface area (Å²) in [6.45, 7) is 4.34. The molecule has 1 saturated heterocycles. The Hall–Kier alpha value is -3.06. The zero-order valence-electron chi connectivity index (χ0n) is 17.6. The lowest BCUT2D eigenvalue weighted by molar-refractivity contribution is 0.394. The van der Waals surface area contributed by atoms with Gasteiger partial charge in [-0.05, 0) is 62.0 Å². The highest BCUT2D eigenvalue weighted by Crippen LogP contribution is 2.45. The van der Waals surface area contributed by atoms with Crippen LogP contribution in [0, 0.1) is 0 Å². The molecule has 0 spiro atoms. The third-order valence-electron chi connectivity index (χ3n) is 5.42. The highest BCUT2D eigenvalue weighted by molar-refractivity contribution is 7.80. The minimum absolute atomic E-state index is 0.0744. The second-order valence-corrected chi connectivity index (χ2v) is 7.91. The molecular weight excluding hydrogens is 396 g/mol. The van der Waals surface area contributed by atoms with E-state index in [9.17, 15) is 0 Å². The molecule has 4 rings (SSSR count). The summed E-state index contributed by atoms with van der Waals surface area (Å²) >= 11 is 5.80. The molecule has 0 saturated carbocycles. The van der Waals surface area contributed by atoms with Gasteiger partial charge in [0.05, 0.1) is 37.7 Å². The van der Waals surface area contributed by atoms with Gasteiger partial charge in [-0.25, -0.2) is 0 Å². The van der Waals surface area contributed by atoms with E-state index in [1.807, 2.05) is 42.6 Å². The van der Waals surface area contributed by atoms with Gasteiger partial charge >= 0.3 is 0 Å². The fourth-order valence-corrected chi connectivity index (χ4v) is 4.20. The summed E-state index contributed by atoms with van der Waals surface area (Å²) in [6.07, 6.45) is 6.11. The van der Waals surface area contributed by atoms with Crippen LogP contribution < -0.4 is 19.7 Å². The maximum atomic E-state index is 5.80. The average molecular weight is 423 g/mol. The molecule has 2 atom stereocenters. The first-order valence-electron chi connectivity index (χ1n) is 9.93. The fraction of sp³-hybridized carbons (Fsp3) is 0.304. The van der Waals surface area contributed by atoms with E-state index in [4.69, 9.17) is 21.7 Å². The van der Waals surface area contributed by atoms with Crippen molar-refractivity contribution < 1.29 is 9.47 Å². The Kier molecular flexibility index (Phi) is 5.63. The molecule has 1 fully saturated rings. The Balaban J connectivity index is 1.84. The van der Waals surface area contributed by atoms with E-state index in [0.717, 1.165) is 22.7 Å². The van der Waals surface area contributed by atoms with Crippen molar-refractivity contribution in [2.24, 2.45) is 0 Å². The predicted molar refractivity (Wildman–Crippen MR) is 122 cm³/mol. The Bertz CT molecular complexity index is 1030. The lowest BCUT2D eigenvalue weighted by Gasteiger charge is -2.28. The number of pyridine rings is 1. The number of hydrogen-bond donors (Lipinski definition) is 1. The first-order chi connectivity index (χ1) is 14.5. The van der Waals surface area contributed by atoms with Crippen molar-refractivity contribution in [1.29, 1.82) is 0 Å². The average Bonchev–Trinajstić information content (AvgIpc) is 3.38. The predicted octanol–water partition coefficient (Wildman–Crippen LogP) is 4.66. The number of methoxy groups -OCH3 is 2. The van der Waals surface area contributed by atoms with Crippen molar-refractivity contribution in [1.82, 2.24) is 14.9 Å². The molecule has 0 aliphatic carbocycles. The van der Waals surface area contributed by atoms with Crippen LogP contribution in [0.1, 0.15) is 43.2 Å². The number of nitrogens with zero attached hydrogens (tertiary/aromatic N) is 3. The third-order valence-corrected chi connectivity index (χ3v) is 5.73. The highest BCUT2D eigenvalue weighted by atomic mass is 32.1. The Morgan fingerprint density at radius 1 is 1.10 bits per heavy atom. The molecule has 7 heteroatoms. The number of aromatic nitrogens is 2. The van der Waals surface area contributed by atoms with Crippen molar-refractivity contribution in [3.8, 4) is 11.5 Å². The molecule has 2 aromatic heterocycles. The summed E-state index contributed by atoms with van der Waals surface area (Å²) in [5.74, 6) is 1.44. The maximum Gasteiger partial charge on any atom is 0.174 e. The van der Waals surface area contributed by atoms with Crippen molar-refractivity contribution in [3.63, 3.8) is 0 Å². The van der Waals surface area contributed by atoms with Gasteiger partial charge in [-0.1, -0.05) is 6.07 Å². The Morgan fingerprint density at radius 2 is 1.93 bits per heavy atom. The van der Waals surface area contributed by atoms with E-state index in [0.29, 0.717) is 16.9 Å². The summed E-state index contributed by atoms with van der Waals surface area (Å²) in [5.41, 5.74) is 2.98. The maximum absolute atomic E-state index is 5.80. The van der Waals surface area contributed by atoms with Gasteiger partial charge in [0, 0.05) is 30.7 Å². The fourth-order valence-electron chi connectivity index (χ4n) is 3.86. The molecule has 30 heavy (non-hydrogen) atoms. The zero-order valence-corrected chi connectivity index (χ0v) is 18.4. The number of nitrogens with one attached hydrogen (secondary N) is 1. The summed E-state index contributed by atoms with van der Waals surface area (Å²) in [7, 11) is 3.30. The van der Waals surface area contributed by atoms with E-state index < -0.39 is 0 Å². The number of hydrogen-bond acceptors (Lipinski definition) is 4. The molecule has 1 N–H and O–H groups in total. The first kappa shape index (κ1) is 20.2. The van der Waals surface area contributed by atoms with Crippen LogP contribution in [0.4, 0.5) is 5.69 Å². The second kappa shape index (κ2) is 8.36. The molecular formula is C23H26N4O2S. The van der Waals surface area contributed by atoms with E-state index >= 15 is 0 Å². The summed E-state index contributed by atoms with van der Waals surface area (Å²) < 4.78 is 13.3. The smallest absolute Gasteiger partial charge is 0.174 e. The molecule has 0 bridgehead atoms. The lowest BCUT2D eigenvalue weighted by atomic mass is 9.98. The molecule has 0 radical (unpaired) electrons. The molecule has 0 amide bonds. The van der Waals surface area contributed by atoms with Crippen molar-refractivity contribution >= 4 is 23.0 Å². The quantitative estimate of drug-likeness (QED) is 0.583. The number of rotatable bonds is 6. The van der Waals surface area contributed by atoms with Gasteiger partial charge in [0.25, 0.3) is 0 Å². The SMILES string of the molecule is COc1ccc(N2C(=S)N[C@H](c3ccccn3)[C@@H]2c2ccn(C(C)C)c2)c(OC)c1. The Morgan fingerprint density at radius 3 is 2.57 bits per heavy atom. The molecule has 3 aromatic rings. The van der Waals surface area contributed by atoms with Gasteiger partial charge in [0.2, 0.25) is 0 Å². The normalized spacial score (nSPS) is 18.6. The van der Waals surface area contributed by atoms with Gasteiger partial charge in [-0.2, -0.15) is 0 Å². The van der Waals surface area contributed by atoms with Gasteiger partial charge < -0.3 is 24.3 Å². The van der Waals surface area contributed by atoms with E-state index in [1.54, 1.807) is 14.2 Å². The number of ether oxygens (including phenoxy) is 2. The van der Waals surface area contributed by atoms with E-state index in [1.165, 1.54) is 0 Å². The van der Waals surface area contributed by atoms with Crippen LogP contribution in [-0.4, -0.2) is 28.9 Å².